The Bertz CT molecular complexity index is 1320. The minimum Gasteiger partial charge on any atom is -0.469 e. The minimum absolute atomic E-state index is 0.206. The van der Waals surface area contributed by atoms with Gasteiger partial charge in [-0.15, -0.1) is 0 Å². The first-order chi connectivity index (χ1) is 14.7. The Morgan fingerprint density at radius 3 is 2.63 bits per heavy atom. The lowest BCUT2D eigenvalue weighted by Crippen LogP contribution is -2.17. The number of benzene rings is 2. The summed E-state index contributed by atoms with van der Waals surface area (Å²) in [7, 11) is 0. The predicted molar refractivity (Wildman–Crippen MR) is 112 cm³/mol. The van der Waals surface area contributed by atoms with E-state index in [1.54, 1.807) is 30.7 Å². The van der Waals surface area contributed by atoms with Gasteiger partial charge in [0.15, 0.2) is 5.82 Å². The van der Waals surface area contributed by atoms with Crippen molar-refractivity contribution < 1.29 is 8.81 Å². The highest BCUT2D eigenvalue weighted by Crippen LogP contribution is 2.24. The van der Waals surface area contributed by atoms with E-state index in [0.29, 0.717) is 41.4 Å². The monoisotopic (exact) mass is 399 g/mol. The topological polar surface area (TPSA) is 63.8 Å². The molecule has 0 fully saturated rings. The molecular formula is C24H18FN3O2. The number of hydrogen-bond donors (Lipinski definition) is 1. The second kappa shape index (κ2) is 7.48. The molecule has 30 heavy (non-hydrogen) atoms. The second-order valence-electron chi connectivity index (χ2n) is 7.13. The van der Waals surface area contributed by atoms with Crippen molar-refractivity contribution in [3.05, 3.63) is 118 Å². The lowest BCUT2D eigenvalue weighted by molar-refractivity contribution is 0.519. The number of aromatic nitrogens is 3. The fraction of sp³-hybridized carbons (Fsp3) is 0.0833. The molecule has 0 unspecified atom stereocenters. The number of nitrogens with one attached hydrogen (secondary N) is 1. The van der Waals surface area contributed by atoms with E-state index in [4.69, 9.17) is 4.42 Å². The molecule has 2 aromatic carbocycles. The Morgan fingerprint density at radius 1 is 1.00 bits per heavy atom. The average molecular weight is 399 g/mol. The minimum atomic E-state index is -0.336. The summed E-state index contributed by atoms with van der Waals surface area (Å²) in [6.45, 7) is 0. The summed E-state index contributed by atoms with van der Waals surface area (Å²) >= 11 is 0. The van der Waals surface area contributed by atoms with Crippen LogP contribution in [0.25, 0.3) is 17.1 Å². The highest BCUT2D eigenvalue weighted by atomic mass is 19.1. The third kappa shape index (κ3) is 3.43. The van der Waals surface area contributed by atoms with Crippen molar-refractivity contribution in [3.63, 3.8) is 0 Å². The quantitative estimate of drug-likeness (QED) is 0.471. The first-order valence-corrected chi connectivity index (χ1v) is 9.63. The second-order valence-corrected chi connectivity index (χ2v) is 7.13. The molecule has 6 heteroatoms. The molecule has 5 nitrogen and oxygen atoms in total. The highest BCUT2D eigenvalue weighted by molar-refractivity contribution is 5.60. The third-order valence-corrected chi connectivity index (χ3v) is 5.03. The van der Waals surface area contributed by atoms with Crippen LogP contribution in [0.2, 0.25) is 0 Å². The largest absolute Gasteiger partial charge is 0.469 e. The van der Waals surface area contributed by atoms with Gasteiger partial charge in [0.05, 0.1) is 24.1 Å². The zero-order valence-corrected chi connectivity index (χ0v) is 16.0. The van der Waals surface area contributed by atoms with Crippen molar-refractivity contribution in [3.8, 4) is 17.1 Å². The van der Waals surface area contributed by atoms with Crippen molar-refractivity contribution in [2.75, 3.05) is 0 Å². The molecule has 1 aromatic heterocycles. The predicted octanol–water partition coefficient (Wildman–Crippen LogP) is 4.58. The number of nitrogens with zero attached hydrogens (tertiary/aromatic N) is 2. The van der Waals surface area contributed by atoms with Gasteiger partial charge in [-0.25, -0.2) is 9.37 Å². The van der Waals surface area contributed by atoms with Crippen LogP contribution in [0.15, 0.2) is 88.4 Å². The number of halogens is 1. The lowest BCUT2D eigenvalue weighted by atomic mass is 10.1. The van der Waals surface area contributed by atoms with Gasteiger partial charge in [-0.1, -0.05) is 42.5 Å². The van der Waals surface area contributed by atoms with Crippen molar-refractivity contribution >= 4 is 0 Å². The van der Waals surface area contributed by atoms with Crippen LogP contribution in [-0.2, 0) is 12.8 Å². The van der Waals surface area contributed by atoms with Crippen LogP contribution in [0.1, 0.15) is 22.7 Å². The summed E-state index contributed by atoms with van der Waals surface area (Å²) in [6, 6.07) is 19.8. The molecule has 0 amide bonds. The molecule has 0 atom stereocenters. The molecule has 1 N–H and O–H groups in total. The van der Waals surface area contributed by atoms with Crippen LogP contribution in [0.4, 0.5) is 4.39 Å². The van der Waals surface area contributed by atoms with E-state index in [-0.39, 0.29) is 11.4 Å². The van der Waals surface area contributed by atoms with Gasteiger partial charge < -0.3 is 9.40 Å². The number of hydrogen-bond acceptors (Lipinski definition) is 3. The molecular weight excluding hydrogens is 381 g/mol. The van der Waals surface area contributed by atoms with E-state index in [1.165, 1.54) is 16.7 Å². The molecule has 2 aliphatic heterocycles. The maximum absolute atomic E-state index is 13.8. The van der Waals surface area contributed by atoms with E-state index >= 15 is 0 Å². The number of fused-ring (bicyclic) bond motifs is 1. The number of H-pyrrole nitrogens is 1. The normalized spacial score (nSPS) is 11.2. The van der Waals surface area contributed by atoms with Gasteiger partial charge in [0, 0.05) is 18.2 Å². The van der Waals surface area contributed by atoms with Crippen molar-refractivity contribution in [1.29, 1.82) is 0 Å². The number of furan rings is 1. The van der Waals surface area contributed by atoms with Gasteiger partial charge in [0.1, 0.15) is 17.3 Å². The molecule has 0 spiro atoms. The SMILES string of the molecule is O=c1c(Cc2ccco2)nc2c(Cc3ccccc3)[nH]c(-c3cccc(F)c3)cn1-2. The molecule has 0 radical (unpaired) electrons. The molecule has 0 bridgehead atoms. The zero-order chi connectivity index (χ0) is 20.5. The maximum Gasteiger partial charge on any atom is 0.278 e. The van der Waals surface area contributed by atoms with Crippen LogP contribution in [0.5, 0.6) is 0 Å². The summed E-state index contributed by atoms with van der Waals surface area (Å²) in [4.78, 5) is 21.1. The van der Waals surface area contributed by atoms with Crippen LogP contribution < -0.4 is 5.56 Å². The zero-order valence-electron chi connectivity index (χ0n) is 16.0. The first-order valence-electron chi connectivity index (χ1n) is 9.63. The van der Waals surface area contributed by atoms with Crippen LogP contribution in [-0.4, -0.2) is 14.5 Å². The number of aromatic amines is 1. The van der Waals surface area contributed by atoms with Crippen molar-refractivity contribution in [2.45, 2.75) is 12.8 Å². The molecule has 0 saturated carbocycles. The maximum atomic E-state index is 13.8. The lowest BCUT2D eigenvalue weighted by Gasteiger charge is -2.13. The fourth-order valence-corrected chi connectivity index (χ4v) is 3.60. The summed E-state index contributed by atoms with van der Waals surface area (Å²) in [5.74, 6) is 0.900. The molecule has 0 saturated heterocycles. The summed E-state index contributed by atoms with van der Waals surface area (Å²) in [5, 5.41) is 0. The molecule has 148 valence electrons. The van der Waals surface area contributed by atoms with E-state index in [0.717, 1.165) is 11.3 Å². The van der Waals surface area contributed by atoms with Crippen molar-refractivity contribution in [2.24, 2.45) is 0 Å². The van der Waals surface area contributed by atoms with Gasteiger partial charge in [-0.05, 0) is 29.8 Å². The van der Waals surface area contributed by atoms with E-state index in [1.807, 2.05) is 36.4 Å². The van der Waals surface area contributed by atoms with E-state index in [9.17, 15) is 9.18 Å². The van der Waals surface area contributed by atoms with Gasteiger partial charge in [-0.2, -0.15) is 0 Å². The molecule has 0 aliphatic carbocycles. The highest BCUT2D eigenvalue weighted by Gasteiger charge is 2.21. The number of imidazole rings is 1. The molecule has 2 aliphatic rings. The number of rotatable bonds is 5. The van der Waals surface area contributed by atoms with Gasteiger partial charge in [0.25, 0.3) is 5.56 Å². The van der Waals surface area contributed by atoms with Gasteiger partial charge in [-0.3, -0.25) is 9.36 Å². The molecule has 3 heterocycles. The standard InChI is InChI=1S/C24H18FN3O2/c25-18-9-4-8-17(13-18)22-15-28-23(20(26-22)12-16-6-2-1-3-7-16)27-21(24(28)29)14-19-10-5-11-30-19/h1-11,13,15,26H,12,14H2. The smallest absolute Gasteiger partial charge is 0.278 e. The van der Waals surface area contributed by atoms with Crippen LogP contribution in [0, 0.1) is 5.82 Å². The molecule has 3 aromatic rings. The summed E-state index contributed by atoms with van der Waals surface area (Å²) in [6.07, 6.45) is 4.13. The Labute approximate surface area is 171 Å². The van der Waals surface area contributed by atoms with Gasteiger partial charge in [0.2, 0.25) is 0 Å². The summed E-state index contributed by atoms with van der Waals surface area (Å²) in [5.41, 5.74) is 3.37. The average Bonchev–Trinajstić information content (AvgIpc) is 3.38. The van der Waals surface area contributed by atoms with Crippen LogP contribution >= 0.6 is 0 Å². The van der Waals surface area contributed by atoms with E-state index < -0.39 is 0 Å². The Balaban J connectivity index is 1.67. The third-order valence-electron chi connectivity index (χ3n) is 5.03. The Morgan fingerprint density at radius 2 is 1.87 bits per heavy atom. The van der Waals surface area contributed by atoms with E-state index in [2.05, 4.69) is 9.97 Å². The fourth-order valence-electron chi connectivity index (χ4n) is 3.60. The summed E-state index contributed by atoms with van der Waals surface area (Å²) < 4.78 is 20.7. The van der Waals surface area contributed by atoms with Crippen LogP contribution in [0.3, 0.4) is 0 Å². The van der Waals surface area contributed by atoms with Gasteiger partial charge >= 0.3 is 0 Å². The Hall–Kier alpha value is -3.93. The first kappa shape index (κ1) is 18.1. The molecule has 5 rings (SSSR count). The van der Waals surface area contributed by atoms with Crippen molar-refractivity contribution in [1.82, 2.24) is 14.5 Å². The Kier molecular flexibility index (Phi) is 4.52.